The largest absolute Gasteiger partial charge is 0.325 e. The zero-order valence-corrected chi connectivity index (χ0v) is 16.5. The SMILES string of the molecule is CSc1cccc(NC(=O)CN2C(=O)N[C@@](C)(c3ccc([N+](=O)[O-])cc3)C2=O)c1. The summed E-state index contributed by atoms with van der Waals surface area (Å²) in [6.07, 6.45) is 1.91. The van der Waals surface area contributed by atoms with Gasteiger partial charge >= 0.3 is 6.03 Å². The minimum Gasteiger partial charge on any atom is -0.324 e. The van der Waals surface area contributed by atoms with Gasteiger partial charge in [-0.1, -0.05) is 6.07 Å². The molecule has 2 N–H and O–H groups in total. The van der Waals surface area contributed by atoms with Gasteiger partial charge in [0.25, 0.3) is 11.6 Å². The number of carbonyl (C=O) groups is 3. The molecule has 29 heavy (non-hydrogen) atoms. The van der Waals surface area contributed by atoms with Gasteiger partial charge in [-0.05, 0) is 49.1 Å². The van der Waals surface area contributed by atoms with Gasteiger partial charge in [0, 0.05) is 22.7 Å². The van der Waals surface area contributed by atoms with E-state index in [1.54, 1.807) is 18.2 Å². The zero-order chi connectivity index (χ0) is 21.2. The number of nitrogens with one attached hydrogen (secondary N) is 2. The molecule has 1 saturated heterocycles. The number of nitro groups is 1. The van der Waals surface area contributed by atoms with Gasteiger partial charge in [0.1, 0.15) is 12.1 Å². The first-order valence-electron chi connectivity index (χ1n) is 8.57. The quantitative estimate of drug-likeness (QED) is 0.324. The first-order valence-corrected chi connectivity index (χ1v) is 9.80. The molecular weight excluding hydrogens is 396 g/mol. The highest BCUT2D eigenvalue weighted by Crippen LogP contribution is 2.30. The molecule has 9 nitrogen and oxygen atoms in total. The summed E-state index contributed by atoms with van der Waals surface area (Å²) in [7, 11) is 0. The average Bonchev–Trinajstić information content (AvgIpc) is 2.92. The number of thioether (sulfide) groups is 1. The number of non-ortho nitro benzene ring substituents is 1. The Kier molecular flexibility index (Phi) is 5.55. The summed E-state index contributed by atoms with van der Waals surface area (Å²) >= 11 is 1.52. The fraction of sp³-hybridized carbons (Fsp3) is 0.211. The number of imide groups is 1. The standard InChI is InChI=1S/C19H18N4O5S/c1-19(12-6-8-14(9-7-12)23(27)28)17(25)22(18(26)21-19)11-16(24)20-13-4-3-5-15(10-13)29-2/h3-10H,11H2,1-2H3,(H,20,24)(H,21,26)/t19-/m0/s1. The smallest absolute Gasteiger partial charge is 0.324 e. The highest BCUT2D eigenvalue weighted by atomic mass is 32.2. The van der Waals surface area contributed by atoms with Crippen LogP contribution >= 0.6 is 11.8 Å². The molecule has 0 bridgehead atoms. The highest BCUT2D eigenvalue weighted by Gasteiger charge is 2.49. The number of benzene rings is 2. The predicted molar refractivity (Wildman–Crippen MR) is 108 cm³/mol. The van der Waals surface area contributed by atoms with Gasteiger partial charge in [-0.25, -0.2) is 4.79 Å². The van der Waals surface area contributed by atoms with E-state index in [0.717, 1.165) is 9.80 Å². The Balaban J connectivity index is 1.74. The molecule has 0 saturated carbocycles. The van der Waals surface area contributed by atoms with E-state index in [4.69, 9.17) is 0 Å². The third kappa shape index (κ3) is 4.06. The summed E-state index contributed by atoms with van der Waals surface area (Å²) in [5.74, 6) is -1.12. The van der Waals surface area contributed by atoms with Crippen molar-refractivity contribution < 1.29 is 19.3 Å². The lowest BCUT2D eigenvalue weighted by Crippen LogP contribution is -2.42. The Bertz CT molecular complexity index is 994. The molecular formula is C19H18N4O5S. The fourth-order valence-corrected chi connectivity index (χ4v) is 3.46. The van der Waals surface area contributed by atoms with Gasteiger partial charge in [0.15, 0.2) is 0 Å². The maximum Gasteiger partial charge on any atom is 0.325 e. The molecule has 1 fully saturated rings. The van der Waals surface area contributed by atoms with E-state index in [1.165, 1.54) is 43.0 Å². The van der Waals surface area contributed by atoms with Crippen LogP contribution < -0.4 is 10.6 Å². The molecule has 10 heteroatoms. The minimum absolute atomic E-state index is 0.127. The molecule has 0 unspecified atom stereocenters. The van der Waals surface area contributed by atoms with Crippen molar-refractivity contribution in [3.8, 4) is 0 Å². The molecule has 0 aliphatic carbocycles. The Hall–Kier alpha value is -3.40. The van der Waals surface area contributed by atoms with Crippen molar-refractivity contribution >= 4 is 41.0 Å². The molecule has 4 amide bonds. The molecule has 2 aromatic rings. The van der Waals surface area contributed by atoms with Crippen molar-refractivity contribution in [2.75, 3.05) is 18.1 Å². The van der Waals surface area contributed by atoms with E-state index in [0.29, 0.717) is 11.3 Å². The summed E-state index contributed by atoms with van der Waals surface area (Å²) in [6.45, 7) is 1.05. The van der Waals surface area contributed by atoms with Gasteiger partial charge < -0.3 is 10.6 Å². The van der Waals surface area contributed by atoms with Crippen molar-refractivity contribution in [3.05, 3.63) is 64.2 Å². The monoisotopic (exact) mass is 414 g/mol. The van der Waals surface area contributed by atoms with Gasteiger partial charge in [0.2, 0.25) is 5.91 Å². The van der Waals surface area contributed by atoms with Gasteiger partial charge in [-0.15, -0.1) is 11.8 Å². The van der Waals surface area contributed by atoms with E-state index >= 15 is 0 Å². The summed E-state index contributed by atoms with van der Waals surface area (Å²) < 4.78 is 0. The first kappa shape index (κ1) is 20.3. The molecule has 3 rings (SSSR count). The lowest BCUT2D eigenvalue weighted by atomic mass is 9.92. The van der Waals surface area contributed by atoms with Crippen LogP contribution in [0.2, 0.25) is 0 Å². The Morgan fingerprint density at radius 1 is 1.24 bits per heavy atom. The molecule has 1 heterocycles. The van der Waals surface area contributed by atoms with E-state index in [1.807, 2.05) is 12.3 Å². The molecule has 2 aromatic carbocycles. The lowest BCUT2D eigenvalue weighted by Gasteiger charge is -2.22. The predicted octanol–water partition coefficient (Wildman–Crippen LogP) is 2.72. The molecule has 0 aromatic heterocycles. The third-order valence-electron chi connectivity index (χ3n) is 4.59. The maximum absolute atomic E-state index is 12.9. The normalized spacial score (nSPS) is 18.5. The Labute approximate surface area is 170 Å². The average molecular weight is 414 g/mol. The maximum atomic E-state index is 12.9. The topological polar surface area (TPSA) is 122 Å². The number of urea groups is 1. The summed E-state index contributed by atoms with van der Waals surface area (Å²) in [5.41, 5.74) is -0.590. The molecule has 1 atom stereocenters. The van der Waals surface area contributed by atoms with Crippen LogP contribution in [0, 0.1) is 10.1 Å². The fourth-order valence-electron chi connectivity index (χ4n) is 3.00. The van der Waals surface area contributed by atoms with Gasteiger partial charge in [-0.3, -0.25) is 24.6 Å². The molecule has 1 aliphatic heterocycles. The summed E-state index contributed by atoms with van der Waals surface area (Å²) in [4.78, 5) is 49.6. The second-order valence-electron chi connectivity index (χ2n) is 6.53. The second kappa shape index (κ2) is 7.92. The number of carbonyl (C=O) groups excluding carboxylic acids is 3. The van der Waals surface area contributed by atoms with Crippen molar-refractivity contribution in [2.24, 2.45) is 0 Å². The van der Waals surface area contributed by atoms with Crippen LogP contribution in [0.4, 0.5) is 16.2 Å². The number of anilines is 1. The van der Waals surface area contributed by atoms with Crippen LogP contribution in [0.15, 0.2) is 53.4 Å². The summed E-state index contributed by atoms with van der Waals surface area (Å²) in [5, 5.41) is 16.0. The van der Waals surface area contributed by atoms with Crippen LogP contribution in [-0.2, 0) is 15.1 Å². The van der Waals surface area contributed by atoms with Gasteiger partial charge in [0.05, 0.1) is 4.92 Å². The van der Waals surface area contributed by atoms with Crippen molar-refractivity contribution in [2.45, 2.75) is 17.4 Å². The van der Waals surface area contributed by atoms with Crippen LogP contribution in [0.5, 0.6) is 0 Å². The Morgan fingerprint density at radius 2 is 1.93 bits per heavy atom. The molecule has 150 valence electrons. The van der Waals surface area contributed by atoms with E-state index < -0.39 is 34.9 Å². The molecule has 0 radical (unpaired) electrons. The number of nitrogens with zero attached hydrogens (tertiary/aromatic N) is 2. The van der Waals surface area contributed by atoms with E-state index in [-0.39, 0.29) is 5.69 Å². The number of rotatable bonds is 6. The first-order chi connectivity index (χ1) is 13.7. The zero-order valence-electron chi connectivity index (χ0n) is 15.7. The van der Waals surface area contributed by atoms with Crippen LogP contribution in [0.25, 0.3) is 0 Å². The van der Waals surface area contributed by atoms with E-state index in [2.05, 4.69) is 10.6 Å². The van der Waals surface area contributed by atoms with Gasteiger partial charge in [-0.2, -0.15) is 0 Å². The minimum atomic E-state index is -1.41. The number of hydrogen-bond acceptors (Lipinski definition) is 6. The van der Waals surface area contributed by atoms with Crippen molar-refractivity contribution in [1.82, 2.24) is 10.2 Å². The highest BCUT2D eigenvalue weighted by molar-refractivity contribution is 7.98. The lowest BCUT2D eigenvalue weighted by molar-refractivity contribution is -0.384. The van der Waals surface area contributed by atoms with Crippen molar-refractivity contribution in [1.29, 1.82) is 0 Å². The van der Waals surface area contributed by atoms with Crippen LogP contribution in [-0.4, -0.2) is 40.5 Å². The number of amides is 4. The van der Waals surface area contributed by atoms with Crippen LogP contribution in [0.1, 0.15) is 12.5 Å². The number of nitro benzene ring substituents is 1. The number of hydrogen-bond donors (Lipinski definition) is 2. The van der Waals surface area contributed by atoms with Crippen LogP contribution in [0.3, 0.4) is 0 Å². The Morgan fingerprint density at radius 3 is 2.55 bits per heavy atom. The molecule has 0 spiro atoms. The molecule has 1 aliphatic rings. The summed E-state index contributed by atoms with van der Waals surface area (Å²) in [6, 6.07) is 11.8. The van der Waals surface area contributed by atoms with Crippen molar-refractivity contribution in [3.63, 3.8) is 0 Å². The van der Waals surface area contributed by atoms with E-state index in [9.17, 15) is 24.5 Å². The third-order valence-corrected chi connectivity index (χ3v) is 5.31. The second-order valence-corrected chi connectivity index (χ2v) is 7.41.